The summed E-state index contributed by atoms with van der Waals surface area (Å²) in [6, 6.07) is 2.09. The molecule has 1 aliphatic carbocycles. The molecule has 5 nitrogen and oxygen atoms in total. The highest BCUT2D eigenvalue weighted by atomic mass is 15.2. The molecule has 100 valence electrons. The van der Waals surface area contributed by atoms with Crippen molar-refractivity contribution in [3.05, 3.63) is 24.2 Å². The summed E-state index contributed by atoms with van der Waals surface area (Å²) in [4.78, 5) is 9.27. The third kappa shape index (κ3) is 2.75. The molecule has 2 aromatic rings. The molecular weight excluding hydrogens is 238 g/mol. The molecular formula is C14H19N5. The number of aromatic nitrogens is 4. The van der Waals surface area contributed by atoms with Crippen LogP contribution in [-0.2, 0) is 7.05 Å². The minimum atomic E-state index is 0.626. The van der Waals surface area contributed by atoms with Gasteiger partial charge in [-0.2, -0.15) is 5.10 Å². The van der Waals surface area contributed by atoms with Crippen LogP contribution in [0.4, 0.5) is 5.82 Å². The molecule has 0 aliphatic heterocycles. The lowest BCUT2D eigenvalue weighted by atomic mass is 10.2. The third-order valence-electron chi connectivity index (χ3n) is 3.26. The average molecular weight is 257 g/mol. The van der Waals surface area contributed by atoms with Crippen LogP contribution in [0.3, 0.4) is 0 Å². The maximum Gasteiger partial charge on any atom is 0.164 e. The van der Waals surface area contributed by atoms with E-state index in [2.05, 4.69) is 33.4 Å². The number of aryl methyl sites for hydroxylation is 1. The molecule has 5 heteroatoms. The molecule has 0 bridgehead atoms. The Morgan fingerprint density at radius 3 is 2.84 bits per heavy atom. The van der Waals surface area contributed by atoms with Gasteiger partial charge < -0.3 is 5.32 Å². The smallest absolute Gasteiger partial charge is 0.164 e. The predicted octanol–water partition coefficient (Wildman–Crippen LogP) is 2.58. The first-order valence-electron chi connectivity index (χ1n) is 6.88. The van der Waals surface area contributed by atoms with Gasteiger partial charge in [-0.05, 0) is 19.3 Å². The first-order chi connectivity index (χ1) is 9.26. The summed E-state index contributed by atoms with van der Waals surface area (Å²) >= 11 is 0. The van der Waals surface area contributed by atoms with Gasteiger partial charge in [0.25, 0.3) is 0 Å². The molecule has 3 rings (SSSR count). The van der Waals surface area contributed by atoms with Crippen molar-refractivity contribution in [1.29, 1.82) is 0 Å². The van der Waals surface area contributed by atoms with Crippen molar-refractivity contribution >= 4 is 5.82 Å². The lowest BCUT2D eigenvalue weighted by Crippen LogP contribution is -2.05. The second-order valence-corrected chi connectivity index (χ2v) is 5.11. The third-order valence-corrected chi connectivity index (χ3v) is 3.26. The zero-order chi connectivity index (χ0) is 13.2. The number of rotatable bonds is 5. The van der Waals surface area contributed by atoms with E-state index in [1.54, 1.807) is 4.68 Å². The van der Waals surface area contributed by atoms with Crippen molar-refractivity contribution in [3.63, 3.8) is 0 Å². The van der Waals surface area contributed by atoms with Gasteiger partial charge >= 0.3 is 0 Å². The second kappa shape index (κ2) is 4.99. The molecule has 1 N–H and O–H groups in total. The molecule has 19 heavy (non-hydrogen) atoms. The van der Waals surface area contributed by atoms with Crippen molar-refractivity contribution in [2.24, 2.45) is 7.05 Å². The highest BCUT2D eigenvalue weighted by Crippen LogP contribution is 2.40. The van der Waals surface area contributed by atoms with E-state index in [0.717, 1.165) is 35.9 Å². The fourth-order valence-electron chi connectivity index (χ4n) is 2.06. The van der Waals surface area contributed by atoms with E-state index in [-0.39, 0.29) is 0 Å². The van der Waals surface area contributed by atoms with Crippen LogP contribution in [-0.4, -0.2) is 26.3 Å². The Morgan fingerprint density at radius 1 is 1.37 bits per heavy atom. The van der Waals surface area contributed by atoms with Crippen LogP contribution in [0.5, 0.6) is 0 Å². The largest absolute Gasteiger partial charge is 0.370 e. The average Bonchev–Trinajstić information content (AvgIpc) is 3.18. The molecule has 0 amide bonds. The minimum absolute atomic E-state index is 0.626. The Balaban J connectivity index is 1.95. The SMILES string of the molecule is CCCNc1cc(C2CC2)nc(-c2cnn(C)c2)n1. The Hall–Kier alpha value is -1.91. The predicted molar refractivity (Wildman–Crippen MR) is 75.0 cm³/mol. The van der Waals surface area contributed by atoms with Gasteiger partial charge in [-0.15, -0.1) is 0 Å². The zero-order valence-corrected chi connectivity index (χ0v) is 11.4. The maximum atomic E-state index is 4.68. The fourth-order valence-corrected chi connectivity index (χ4v) is 2.06. The quantitative estimate of drug-likeness (QED) is 0.894. The molecule has 0 saturated heterocycles. The lowest BCUT2D eigenvalue weighted by molar-refractivity contribution is 0.768. The summed E-state index contributed by atoms with van der Waals surface area (Å²) < 4.78 is 1.78. The second-order valence-electron chi connectivity index (χ2n) is 5.11. The monoisotopic (exact) mass is 257 g/mol. The van der Waals surface area contributed by atoms with Crippen molar-refractivity contribution in [3.8, 4) is 11.4 Å². The number of nitrogens with one attached hydrogen (secondary N) is 1. The topological polar surface area (TPSA) is 55.6 Å². The van der Waals surface area contributed by atoms with Gasteiger partial charge in [-0.25, -0.2) is 9.97 Å². The summed E-state index contributed by atoms with van der Waals surface area (Å²) in [7, 11) is 1.91. The molecule has 0 radical (unpaired) electrons. The highest BCUT2D eigenvalue weighted by Gasteiger charge is 2.26. The number of hydrogen-bond acceptors (Lipinski definition) is 4. The molecule has 0 spiro atoms. The van der Waals surface area contributed by atoms with Crippen molar-refractivity contribution in [2.45, 2.75) is 32.1 Å². The molecule has 1 fully saturated rings. The van der Waals surface area contributed by atoms with E-state index in [0.29, 0.717) is 5.92 Å². The van der Waals surface area contributed by atoms with Crippen LogP contribution in [0, 0.1) is 0 Å². The maximum absolute atomic E-state index is 4.68. The molecule has 0 unspecified atom stereocenters. The molecule has 0 atom stereocenters. The Morgan fingerprint density at radius 2 is 2.21 bits per heavy atom. The Kier molecular flexibility index (Phi) is 3.19. The minimum Gasteiger partial charge on any atom is -0.370 e. The van der Waals surface area contributed by atoms with Crippen molar-refractivity contribution in [2.75, 3.05) is 11.9 Å². The van der Waals surface area contributed by atoms with Crippen LogP contribution in [0.1, 0.15) is 37.8 Å². The van der Waals surface area contributed by atoms with Crippen LogP contribution in [0.25, 0.3) is 11.4 Å². The van der Waals surface area contributed by atoms with Gasteiger partial charge in [-0.3, -0.25) is 4.68 Å². The van der Waals surface area contributed by atoms with E-state index in [9.17, 15) is 0 Å². The summed E-state index contributed by atoms with van der Waals surface area (Å²) in [6.45, 7) is 3.09. The summed E-state index contributed by atoms with van der Waals surface area (Å²) in [5.41, 5.74) is 2.14. The van der Waals surface area contributed by atoms with Crippen LogP contribution < -0.4 is 5.32 Å². The lowest BCUT2D eigenvalue weighted by Gasteiger charge is -2.08. The Labute approximate surface area is 113 Å². The van der Waals surface area contributed by atoms with Gasteiger partial charge in [0.2, 0.25) is 0 Å². The van der Waals surface area contributed by atoms with E-state index in [1.165, 1.54) is 12.8 Å². The van der Waals surface area contributed by atoms with Crippen LogP contribution in [0.15, 0.2) is 18.5 Å². The van der Waals surface area contributed by atoms with Gasteiger partial charge in [0.1, 0.15) is 5.82 Å². The van der Waals surface area contributed by atoms with Gasteiger partial charge in [0, 0.05) is 37.5 Å². The van der Waals surface area contributed by atoms with Gasteiger partial charge in [0.05, 0.1) is 11.8 Å². The summed E-state index contributed by atoms with van der Waals surface area (Å²) in [5.74, 6) is 2.33. The van der Waals surface area contributed by atoms with Crippen LogP contribution >= 0.6 is 0 Å². The standard InChI is InChI=1S/C14H19N5/c1-3-6-15-13-7-12(10-4-5-10)17-14(18-13)11-8-16-19(2)9-11/h7-10H,3-6H2,1-2H3,(H,15,17,18). The molecule has 0 aromatic carbocycles. The normalized spacial score (nSPS) is 14.6. The van der Waals surface area contributed by atoms with Crippen LogP contribution in [0.2, 0.25) is 0 Å². The zero-order valence-electron chi connectivity index (χ0n) is 11.4. The van der Waals surface area contributed by atoms with E-state index in [1.807, 2.05) is 19.4 Å². The molecule has 2 aromatic heterocycles. The summed E-state index contributed by atoms with van der Waals surface area (Å²) in [5, 5.41) is 7.55. The van der Waals surface area contributed by atoms with Gasteiger partial charge in [-0.1, -0.05) is 6.92 Å². The molecule has 1 saturated carbocycles. The number of hydrogen-bond donors (Lipinski definition) is 1. The fraction of sp³-hybridized carbons (Fsp3) is 0.500. The van der Waals surface area contributed by atoms with Crippen molar-refractivity contribution in [1.82, 2.24) is 19.7 Å². The molecule has 2 heterocycles. The first kappa shape index (κ1) is 12.1. The Bertz CT molecular complexity index is 571. The first-order valence-corrected chi connectivity index (χ1v) is 6.88. The number of anilines is 1. The number of nitrogens with zero attached hydrogens (tertiary/aromatic N) is 4. The van der Waals surface area contributed by atoms with Gasteiger partial charge in [0.15, 0.2) is 5.82 Å². The van der Waals surface area contributed by atoms with E-state index in [4.69, 9.17) is 0 Å². The van der Waals surface area contributed by atoms with E-state index < -0.39 is 0 Å². The summed E-state index contributed by atoms with van der Waals surface area (Å²) in [6.07, 6.45) is 7.35. The molecule has 1 aliphatic rings. The van der Waals surface area contributed by atoms with Crippen molar-refractivity contribution < 1.29 is 0 Å². The highest BCUT2D eigenvalue weighted by molar-refractivity contribution is 5.56. The van der Waals surface area contributed by atoms with E-state index >= 15 is 0 Å².